The van der Waals surface area contributed by atoms with E-state index in [2.05, 4.69) is 9.97 Å². The van der Waals surface area contributed by atoms with Gasteiger partial charge in [0.25, 0.3) is 0 Å². The molecule has 0 aliphatic rings. The summed E-state index contributed by atoms with van der Waals surface area (Å²) in [6.07, 6.45) is -4.66. The number of benzene rings is 2. The van der Waals surface area contributed by atoms with E-state index in [4.69, 9.17) is 0 Å². The Labute approximate surface area is 164 Å². The van der Waals surface area contributed by atoms with Gasteiger partial charge in [-0.2, -0.15) is 13.2 Å². The Morgan fingerprint density at radius 3 is 2.36 bits per heavy atom. The van der Waals surface area contributed by atoms with E-state index in [0.717, 1.165) is 17.4 Å². The van der Waals surface area contributed by atoms with Gasteiger partial charge in [-0.05, 0) is 32.0 Å². The Bertz CT molecular complexity index is 979. The highest BCUT2D eigenvalue weighted by Gasteiger charge is 2.36. The fraction of sp³-hybridized carbons (Fsp3) is 0.250. The highest BCUT2D eigenvalue weighted by molar-refractivity contribution is 8.00. The molecule has 4 nitrogen and oxygen atoms in total. The number of amides is 1. The van der Waals surface area contributed by atoms with Gasteiger partial charge in [-0.3, -0.25) is 4.79 Å². The lowest BCUT2D eigenvalue weighted by Crippen LogP contribution is -2.36. The van der Waals surface area contributed by atoms with E-state index in [1.165, 1.54) is 6.07 Å². The standard InChI is InChI=1S/C20H18F3N3OS/c1-3-26(14-9-5-4-6-10-14)18(27)13(2)28-17-15-11-7-8-12-16(15)24-19(25-17)20(21,22)23/h4-13H,3H2,1-2H3/t13-/m0/s1. The molecular formula is C20H18F3N3OS. The van der Waals surface area contributed by atoms with Crippen molar-refractivity contribution in [3.8, 4) is 0 Å². The molecule has 1 atom stereocenters. The van der Waals surface area contributed by atoms with Crippen LogP contribution in [-0.4, -0.2) is 27.7 Å². The maximum atomic E-state index is 13.2. The van der Waals surface area contributed by atoms with Gasteiger partial charge in [0.1, 0.15) is 5.03 Å². The van der Waals surface area contributed by atoms with Crippen molar-refractivity contribution in [2.24, 2.45) is 0 Å². The SMILES string of the molecule is CCN(C(=O)[C@H](C)Sc1nc(C(F)(F)F)nc2ccccc12)c1ccccc1. The van der Waals surface area contributed by atoms with Crippen LogP contribution in [0.3, 0.4) is 0 Å². The number of para-hydroxylation sites is 2. The van der Waals surface area contributed by atoms with Gasteiger partial charge in [0.2, 0.25) is 11.7 Å². The number of carbonyl (C=O) groups is 1. The van der Waals surface area contributed by atoms with Gasteiger partial charge < -0.3 is 4.90 Å². The second-order valence-electron chi connectivity index (χ2n) is 6.05. The van der Waals surface area contributed by atoms with Crippen molar-refractivity contribution in [2.45, 2.75) is 30.3 Å². The molecule has 8 heteroatoms. The molecule has 3 aromatic rings. The summed E-state index contributed by atoms with van der Waals surface area (Å²) < 4.78 is 39.6. The van der Waals surface area contributed by atoms with Crippen molar-refractivity contribution in [1.29, 1.82) is 0 Å². The first-order valence-corrected chi connectivity index (χ1v) is 9.56. The number of carbonyl (C=O) groups excluding carboxylic acids is 1. The summed E-state index contributed by atoms with van der Waals surface area (Å²) in [6, 6.07) is 15.6. The molecule has 1 amide bonds. The zero-order valence-electron chi connectivity index (χ0n) is 15.3. The summed E-state index contributed by atoms with van der Waals surface area (Å²) in [5.74, 6) is -1.40. The second kappa shape index (κ2) is 8.18. The lowest BCUT2D eigenvalue weighted by atomic mass is 10.2. The number of hydrogen-bond donors (Lipinski definition) is 0. The molecule has 1 heterocycles. The average molecular weight is 405 g/mol. The minimum Gasteiger partial charge on any atom is -0.312 e. The molecular weight excluding hydrogens is 387 g/mol. The minimum atomic E-state index is -4.66. The minimum absolute atomic E-state index is 0.142. The Kier molecular flexibility index (Phi) is 5.88. The van der Waals surface area contributed by atoms with Crippen molar-refractivity contribution in [1.82, 2.24) is 9.97 Å². The topological polar surface area (TPSA) is 46.1 Å². The summed E-state index contributed by atoms with van der Waals surface area (Å²) in [4.78, 5) is 21.9. The molecule has 0 unspecified atom stereocenters. The predicted molar refractivity (Wildman–Crippen MR) is 104 cm³/mol. The van der Waals surface area contributed by atoms with Crippen LogP contribution in [0.25, 0.3) is 10.9 Å². The fourth-order valence-corrected chi connectivity index (χ4v) is 3.78. The van der Waals surface area contributed by atoms with Crippen LogP contribution in [0.2, 0.25) is 0 Å². The third-order valence-corrected chi connectivity index (χ3v) is 5.20. The number of hydrogen-bond acceptors (Lipinski definition) is 4. The van der Waals surface area contributed by atoms with Gasteiger partial charge in [-0.1, -0.05) is 48.2 Å². The van der Waals surface area contributed by atoms with E-state index in [1.54, 1.807) is 30.0 Å². The van der Waals surface area contributed by atoms with Crippen LogP contribution in [0.15, 0.2) is 59.6 Å². The maximum Gasteiger partial charge on any atom is 0.451 e. The molecule has 28 heavy (non-hydrogen) atoms. The molecule has 0 N–H and O–H groups in total. The first-order chi connectivity index (χ1) is 13.3. The molecule has 1 aromatic heterocycles. The van der Waals surface area contributed by atoms with Crippen LogP contribution in [0.1, 0.15) is 19.7 Å². The van der Waals surface area contributed by atoms with E-state index >= 15 is 0 Å². The number of fused-ring (bicyclic) bond motifs is 1. The number of alkyl halides is 3. The van der Waals surface area contributed by atoms with Crippen LogP contribution >= 0.6 is 11.8 Å². The third-order valence-electron chi connectivity index (χ3n) is 4.11. The molecule has 3 rings (SSSR count). The average Bonchev–Trinajstić information content (AvgIpc) is 2.68. The van der Waals surface area contributed by atoms with Crippen LogP contribution in [0.4, 0.5) is 18.9 Å². The second-order valence-corrected chi connectivity index (χ2v) is 7.37. The molecule has 146 valence electrons. The number of rotatable bonds is 5. The number of nitrogens with zero attached hydrogens (tertiary/aromatic N) is 3. The van der Waals surface area contributed by atoms with Gasteiger partial charge in [0.15, 0.2) is 0 Å². The van der Waals surface area contributed by atoms with Crippen molar-refractivity contribution in [3.63, 3.8) is 0 Å². The van der Waals surface area contributed by atoms with Gasteiger partial charge in [-0.15, -0.1) is 0 Å². The molecule has 0 radical (unpaired) electrons. The Balaban J connectivity index is 1.94. The van der Waals surface area contributed by atoms with Gasteiger partial charge in [-0.25, -0.2) is 9.97 Å². The smallest absolute Gasteiger partial charge is 0.312 e. The lowest BCUT2D eigenvalue weighted by molar-refractivity contribution is -0.145. The van der Waals surface area contributed by atoms with Crippen LogP contribution in [0.5, 0.6) is 0 Å². The number of anilines is 1. The summed E-state index contributed by atoms with van der Waals surface area (Å²) in [7, 11) is 0. The van der Waals surface area contributed by atoms with Gasteiger partial charge in [0, 0.05) is 17.6 Å². The molecule has 0 aliphatic heterocycles. The lowest BCUT2D eigenvalue weighted by Gasteiger charge is -2.24. The number of thioether (sulfide) groups is 1. The molecule has 0 spiro atoms. The van der Waals surface area contributed by atoms with E-state index in [-0.39, 0.29) is 16.4 Å². The van der Waals surface area contributed by atoms with Gasteiger partial charge in [0.05, 0.1) is 10.8 Å². The summed E-state index contributed by atoms with van der Waals surface area (Å²) >= 11 is 1.01. The first kappa shape index (κ1) is 20.1. The predicted octanol–water partition coefficient (Wildman–Crippen LogP) is 5.18. The van der Waals surface area contributed by atoms with Crippen LogP contribution in [-0.2, 0) is 11.0 Å². The molecule has 0 saturated carbocycles. The third kappa shape index (κ3) is 4.27. The summed E-state index contributed by atoms with van der Waals surface area (Å²) in [5.41, 5.74) is 0.938. The zero-order chi connectivity index (χ0) is 20.3. The van der Waals surface area contributed by atoms with Crippen molar-refractivity contribution < 1.29 is 18.0 Å². The summed E-state index contributed by atoms with van der Waals surface area (Å²) in [5, 5.41) is 0.00495. The molecule has 0 fully saturated rings. The molecule has 0 saturated heterocycles. The van der Waals surface area contributed by atoms with Gasteiger partial charge >= 0.3 is 6.18 Å². The largest absolute Gasteiger partial charge is 0.451 e. The van der Waals surface area contributed by atoms with Crippen LogP contribution in [0, 0.1) is 0 Å². The van der Waals surface area contributed by atoms with Crippen molar-refractivity contribution >= 4 is 34.3 Å². The Hall–Kier alpha value is -2.61. The quantitative estimate of drug-likeness (QED) is 0.433. The monoisotopic (exact) mass is 405 g/mol. The van der Waals surface area contributed by atoms with Crippen LogP contribution < -0.4 is 4.90 Å². The fourth-order valence-electron chi connectivity index (χ4n) is 2.77. The molecule has 0 bridgehead atoms. The molecule has 0 aliphatic carbocycles. The Morgan fingerprint density at radius 2 is 1.71 bits per heavy atom. The highest BCUT2D eigenvalue weighted by atomic mass is 32.2. The molecule has 2 aromatic carbocycles. The first-order valence-electron chi connectivity index (χ1n) is 8.68. The zero-order valence-corrected chi connectivity index (χ0v) is 16.1. The number of aromatic nitrogens is 2. The van der Waals surface area contributed by atoms with E-state index in [1.807, 2.05) is 37.3 Å². The summed E-state index contributed by atoms with van der Waals surface area (Å²) in [6.45, 7) is 3.97. The Morgan fingerprint density at radius 1 is 1.07 bits per heavy atom. The number of halogens is 3. The van der Waals surface area contributed by atoms with E-state index in [9.17, 15) is 18.0 Å². The van der Waals surface area contributed by atoms with Crippen molar-refractivity contribution in [2.75, 3.05) is 11.4 Å². The van der Waals surface area contributed by atoms with E-state index < -0.39 is 17.3 Å². The normalized spacial score (nSPS) is 12.8. The van der Waals surface area contributed by atoms with Crippen molar-refractivity contribution in [3.05, 3.63) is 60.4 Å². The maximum absolute atomic E-state index is 13.2. The highest BCUT2D eigenvalue weighted by Crippen LogP contribution is 2.34. The van der Waals surface area contributed by atoms with E-state index in [0.29, 0.717) is 11.9 Å².